The monoisotopic (exact) mass is 586 g/mol. The van der Waals surface area contributed by atoms with Crippen LogP contribution in [0.4, 0.5) is 14.6 Å². The largest absolute Gasteiger partial charge is 0.508 e. The Morgan fingerprint density at radius 1 is 1.12 bits per heavy atom. The van der Waals surface area contributed by atoms with Crippen LogP contribution in [0.1, 0.15) is 32.1 Å². The van der Waals surface area contributed by atoms with E-state index in [-0.39, 0.29) is 29.4 Å². The highest BCUT2D eigenvalue weighted by Gasteiger charge is 2.49. The number of phenolic OH excluding ortho intramolecular Hbond substituents is 1. The van der Waals surface area contributed by atoms with Crippen molar-refractivity contribution in [3.8, 4) is 28.9 Å². The molecule has 9 rings (SSSR count). The van der Waals surface area contributed by atoms with E-state index in [2.05, 4.69) is 15.1 Å². The molecule has 4 fully saturated rings. The second-order valence-corrected chi connectivity index (χ2v) is 12.8. The minimum Gasteiger partial charge on any atom is -0.508 e. The van der Waals surface area contributed by atoms with Crippen LogP contribution in [0.15, 0.2) is 36.4 Å². The molecule has 43 heavy (non-hydrogen) atoms. The first kappa shape index (κ1) is 25.6. The van der Waals surface area contributed by atoms with Crippen molar-refractivity contribution in [3.63, 3.8) is 0 Å². The summed E-state index contributed by atoms with van der Waals surface area (Å²) in [6.07, 6.45) is 3.67. The molecule has 0 aliphatic carbocycles. The Morgan fingerprint density at radius 2 is 2.05 bits per heavy atom. The van der Waals surface area contributed by atoms with E-state index in [4.69, 9.17) is 24.4 Å². The summed E-state index contributed by atoms with van der Waals surface area (Å²) in [6, 6.07) is 10.5. The van der Waals surface area contributed by atoms with Gasteiger partial charge in [0, 0.05) is 42.5 Å². The molecule has 222 valence electrons. The molecule has 0 spiro atoms. The molecule has 0 unspecified atom stereocenters. The van der Waals surface area contributed by atoms with Crippen LogP contribution in [0.5, 0.6) is 17.6 Å². The van der Waals surface area contributed by atoms with Crippen molar-refractivity contribution in [2.45, 2.75) is 61.9 Å². The zero-order valence-electron chi connectivity index (χ0n) is 23.6. The van der Waals surface area contributed by atoms with Crippen LogP contribution < -0.4 is 19.7 Å². The summed E-state index contributed by atoms with van der Waals surface area (Å²) in [5, 5.41) is 15.9. The molecular formula is C32H32F2N6O3. The molecule has 5 aliphatic rings. The van der Waals surface area contributed by atoms with E-state index in [0.717, 1.165) is 44.6 Å². The van der Waals surface area contributed by atoms with Crippen molar-refractivity contribution >= 4 is 27.5 Å². The lowest BCUT2D eigenvalue weighted by molar-refractivity contribution is 0.107. The minimum absolute atomic E-state index is 0.0107. The van der Waals surface area contributed by atoms with E-state index in [1.165, 1.54) is 18.2 Å². The van der Waals surface area contributed by atoms with Gasteiger partial charge in [0.25, 0.3) is 0 Å². The Morgan fingerprint density at radius 3 is 2.98 bits per heavy atom. The van der Waals surface area contributed by atoms with Crippen molar-refractivity contribution in [2.75, 3.05) is 37.7 Å². The van der Waals surface area contributed by atoms with Gasteiger partial charge in [-0.1, -0.05) is 12.1 Å². The number of hydrogen-bond donors (Lipinski definition) is 2. The molecule has 0 radical (unpaired) electrons. The average molecular weight is 587 g/mol. The second kappa shape index (κ2) is 9.33. The molecule has 0 saturated carbocycles. The molecule has 4 saturated heterocycles. The highest BCUT2D eigenvalue weighted by molar-refractivity contribution is 6.01. The molecule has 0 amide bonds. The number of aromatic nitrogens is 3. The van der Waals surface area contributed by atoms with Gasteiger partial charge in [0.05, 0.1) is 22.8 Å². The molecule has 9 nitrogen and oxygen atoms in total. The summed E-state index contributed by atoms with van der Waals surface area (Å²) >= 11 is 0. The topological polar surface area (TPSA) is 95.9 Å². The number of benzene rings is 2. The Labute approximate surface area is 246 Å². The van der Waals surface area contributed by atoms with Crippen molar-refractivity contribution in [2.24, 2.45) is 0 Å². The number of nitrogens with one attached hydrogen (secondary N) is 1. The third kappa shape index (κ3) is 3.97. The normalized spacial score (nSPS) is 29.5. The molecule has 2 bridgehead atoms. The van der Waals surface area contributed by atoms with Crippen LogP contribution in [0.2, 0.25) is 0 Å². The van der Waals surface area contributed by atoms with Gasteiger partial charge in [-0.05, 0) is 61.9 Å². The van der Waals surface area contributed by atoms with Gasteiger partial charge in [-0.2, -0.15) is 9.97 Å². The van der Waals surface area contributed by atoms with Crippen LogP contribution in [0.3, 0.4) is 0 Å². The highest BCUT2D eigenvalue weighted by Crippen LogP contribution is 2.44. The van der Waals surface area contributed by atoms with Gasteiger partial charge in [-0.25, -0.2) is 13.8 Å². The molecule has 2 N–H and O–H groups in total. The number of phenols is 1. The lowest BCUT2D eigenvalue weighted by Gasteiger charge is -2.40. The smallest absolute Gasteiger partial charge is 0.319 e. The first-order valence-corrected chi connectivity index (χ1v) is 15.3. The van der Waals surface area contributed by atoms with Crippen molar-refractivity contribution in [1.82, 2.24) is 25.2 Å². The number of alkyl halides is 1. The standard InChI is InChI=1S/C32H32F2N6O3/c33-18-12-32(7-2-8-39(32)13-18)16-43-31-37-25-11-24(21-10-20(41)9-17-3-1-4-22(34)27(17)21)36-30-28(25)29(38-31)40-14-19-5-6-23(35-19)26(40)15-42-30/h1,3-4,9-11,18-19,23,26,35,41H,2,5-8,12-16H2/t18-,19+,23-,26-,32-/m1/s1. The van der Waals surface area contributed by atoms with E-state index in [9.17, 15) is 9.50 Å². The number of aromatic hydroxyl groups is 1. The van der Waals surface area contributed by atoms with E-state index < -0.39 is 12.0 Å². The number of piperazine rings is 1. The number of fused-ring (bicyclic) bond motifs is 7. The third-order valence-corrected chi connectivity index (χ3v) is 10.2. The fourth-order valence-corrected chi connectivity index (χ4v) is 8.31. The summed E-state index contributed by atoms with van der Waals surface area (Å²) in [7, 11) is 0. The summed E-state index contributed by atoms with van der Waals surface area (Å²) in [6.45, 7) is 2.83. The Bertz CT molecular complexity index is 1790. The quantitative estimate of drug-likeness (QED) is 0.362. The van der Waals surface area contributed by atoms with Gasteiger partial charge in [-0.3, -0.25) is 4.90 Å². The van der Waals surface area contributed by atoms with Gasteiger partial charge in [0.15, 0.2) is 0 Å². The van der Waals surface area contributed by atoms with Gasteiger partial charge >= 0.3 is 6.01 Å². The zero-order chi connectivity index (χ0) is 28.9. The number of nitrogens with zero attached hydrogens (tertiary/aromatic N) is 5. The minimum atomic E-state index is -0.853. The van der Waals surface area contributed by atoms with E-state index in [1.807, 2.05) is 0 Å². The fraction of sp³-hybridized carbons (Fsp3) is 0.469. The maximum atomic E-state index is 15.2. The zero-order valence-corrected chi connectivity index (χ0v) is 23.6. The number of rotatable bonds is 4. The number of halogens is 2. The van der Waals surface area contributed by atoms with Crippen molar-refractivity contribution < 1.29 is 23.4 Å². The second-order valence-electron chi connectivity index (χ2n) is 12.8. The van der Waals surface area contributed by atoms with E-state index in [0.29, 0.717) is 71.0 Å². The number of anilines is 1. The van der Waals surface area contributed by atoms with Gasteiger partial charge < -0.3 is 24.8 Å². The number of hydrogen-bond acceptors (Lipinski definition) is 9. The first-order valence-electron chi connectivity index (χ1n) is 15.3. The predicted molar refractivity (Wildman–Crippen MR) is 157 cm³/mol. The van der Waals surface area contributed by atoms with Gasteiger partial charge in [-0.15, -0.1) is 0 Å². The van der Waals surface area contributed by atoms with Crippen LogP contribution in [0.25, 0.3) is 32.9 Å². The SMILES string of the molecule is Oc1cc(-c2cc3nc(OC[C@]45CCCN4C[C@H](F)C5)nc4c3c(n2)OC[C@@H]2[C@H]3CC[C@@H](CN42)N3)c2c(F)cccc2c1. The van der Waals surface area contributed by atoms with Crippen LogP contribution in [-0.2, 0) is 0 Å². The third-order valence-electron chi connectivity index (χ3n) is 10.2. The van der Waals surface area contributed by atoms with Crippen LogP contribution in [0, 0.1) is 5.82 Å². The molecule has 2 aromatic carbocycles. The summed E-state index contributed by atoms with van der Waals surface area (Å²) < 4.78 is 42.4. The summed E-state index contributed by atoms with van der Waals surface area (Å²) in [5.41, 5.74) is 1.11. The number of pyridine rings is 1. The predicted octanol–water partition coefficient (Wildman–Crippen LogP) is 4.35. The lowest BCUT2D eigenvalue weighted by Crippen LogP contribution is -2.60. The maximum absolute atomic E-state index is 15.2. The Balaban J connectivity index is 1.20. The molecule has 11 heteroatoms. The number of ether oxygens (including phenoxy) is 2. The van der Waals surface area contributed by atoms with E-state index in [1.54, 1.807) is 18.2 Å². The molecule has 5 aliphatic heterocycles. The summed E-state index contributed by atoms with van der Waals surface area (Å²) in [5.74, 6) is 0.702. The molecule has 2 aromatic heterocycles. The molecule has 5 atom stereocenters. The highest BCUT2D eigenvalue weighted by atomic mass is 19.1. The van der Waals surface area contributed by atoms with Crippen molar-refractivity contribution in [1.29, 1.82) is 0 Å². The Hall–Kier alpha value is -3.83. The summed E-state index contributed by atoms with van der Waals surface area (Å²) in [4.78, 5) is 19.2. The molecular weight excluding hydrogens is 554 g/mol. The molecule has 7 heterocycles. The van der Waals surface area contributed by atoms with Gasteiger partial charge in [0.1, 0.15) is 42.2 Å². The van der Waals surface area contributed by atoms with Gasteiger partial charge in [0.2, 0.25) is 5.88 Å². The van der Waals surface area contributed by atoms with Crippen LogP contribution >= 0.6 is 0 Å². The lowest BCUT2D eigenvalue weighted by atomic mass is 9.95. The maximum Gasteiger partial charge on any atom is 0.319 e. The van der Waals surface area contributed by atoms with Crippen LogP contribution in [-0.4, -0.2) is 87.6 Å². The fourth-order valence-electron chi connectivity index (χ4n) is 8.31. The van der Waals surface area contributed by atoms with E-state index >= 15 is 4.39 Å². The molecule has 4 aromatic rings. The average Bonchev–Trinajstić information content (AvgIpc) is 3.62. The first-order chi connectivity index (χ1) is 20.9. The van der Waals surface area contributed by atoms with Crippen molar-refractivity contribution in [3.05, 3.63) is 42.2 Å². The Kier molecular flexibility index (Phi) is 5.57.